The fourth-order valence-corrected chi connectivity index (χ4v) is 6.19. The third-order valence-corrected chi connectivity index (χ3v) is 7.70. The normalized spacial score (nSPS) is 12.4. The molecule has 0 aliphatic carbocycles. The molecular weight excluding hydrogens is 384 g/mol. The fourth-order valence-electron chi connectivity index (χ4n) is 2.42. The molecule has 0 N–H and O–H groups in total. The molecule has 0 bridgehead atoms. The lowest BCUT2D eigenvalue weighted by Crippen LogP contribution is -2.44. The Morgan fingerprint density at radius 3 is 1.92 bits per heavy atom. The minimum absolute atomic E-state index is 0.538. The van der Waals surface area contributed by atoms with Crippen LogP contribution >= 0.6 is 23.4 Å². The van der Waals surface area contributed by atoms with Gasteiger partial charge in [0.15, 0.2) is 0 Å². The number of benzene rings is 2. The summed E-state index contributed by atoms with van der Waals surface area (Å²) in [6, 6.07) is 18.0. The summed E-state index contributed by atoms with van der Waals surface area (Å²) >= 11 is 7.67. The number of hydrogen-bond donors (Lipinski definition) is 0. The zero-order valence-corrected chi connectivity index (χ0v) is 18.0. The molecule has 2 aromatic carbocycles. The van der Waals surface area contributed by atoms with Crippen molar-refractivity contribution in [1.82, 2.24) is 0 Å². The Morgan fingerprint density at radius 2 is 1.42 bits per heavy atom. The first kappa shape index (κ1) is 21.2. The average Bonchev–Trinajstić information content (AvgIpc) is 2.64. The largest absolute Gasteiger partial charge is 0.530 e. The highest BCUT2D eigenvalue weighted by Crippen LogP contribution is 2.36. The molecule has 0 spiro atoms. The van der Waals surface area contributed by atoms with Crippen LogP contribution in [0.5, 0.6) is 0 Å². The molecule has 0 amide bonds. The second kappa shape index (κ2) is 10.9. The molecule has 0 aliphatic rings. The van der Waals surface area contributed by atoms with Gasteiger partial charge in [0, 0.05) is 40.3 Å². The van der Waals surface area contributed by atoms with E-state index in [1.165, 1.54) is 0 Å². The summed E-state index contributed by atoms with van der Waals surface area (Å²) in [5.41, 5.74) is 3.15. The lowest BCUT2D eigenvalue weighted by atomic mass is 10.2. The van der Waals surface area contributed by atoms with Gasteiger partial charge in [0.2, 0.25) is 0 Å². The average molecular weight is 409 g/mol. The maximum Gasteiger partial charge on any atom is 0.530 e. The molecule has 0 unspecified atom stereocenters. The maximum atomic E-state index is 6.02. The van der Waals surface area contributed by atoms with Gasteiger partial charge in [-0.25, -0.2) is 0 Å². The van der Waals surface area contributed by atoms with Gasteiger partial charge in [0.1, 0.15) is 0 Å². The standard InChI is InChI=1S/C20H25ClO3SSi/c1-4-22-26(23-5-2,24-6-3)16-20(17-10-8-7-9-11-17)25-19-14-12-18(21)13-15-19/h7-16H,4-6H2,1-3H3/b20-16-. The van der Waals surface area contributed by atoms with Gasteiger partial charge in [0.05, 0.1) is 0 Å². The van der Waals surface area contributed by atoms with E-state index >= 15 is 0 Å². The van der Waals surface area contributed by atoms with Crippen molar-refractivity contribution >= 4 is 37.1 Å². The van der Waals surface area contributed by atoms with Crippen LogP contribution < -0.4 is 0 Å². The first-order valence-electron chi connectivity index (χ1n) is 8.76. The highest BCUT2D eigenvalue weighted by atomic mass is 35.5. The molecule has 0 heterocycles. The molecular formula is C20H25ClO3SSi. The molecule has 26 heavy (non-hydrogen) atoms. The SMILES string of the molecule is CCO[Si](/C=C(\Sc1ccc(Cl)cc1)c1ccccc1)(OCC)OCC. The molecule has 0 saturated heterocycles. The first-order valence-corrected chi connectivity index (χ1v) is 11.8. The monoisotopic (exact) mass is 408 g/mol. The third kappa shape index (κ3) is 6.27. The Morgan fingerprint density at radius 1 is 0.885 bits per heavy atom. The number of rotatable bonds is 10. The lowest BCUT2D eigenvalue weighted by Gasteiger charge is -2.26. The fraction of sp³-hybridized carbons (Fsp3) is 0.300. The molecule has 0 fully saturated rings. The lowest BCUT2D eigenvalue weighted by molar-refractivity contribution is 0.0845. The minimum atomic E-state index is -2.92. The number of halogens is 1. The van der Waals surface area contributed by atoms with Gasteiger partial charge >= 0.3 is 8.80 Å². The predicted octanol–water partition coefficient (Wildman–Crippen LogP) is 6.06. The highest BCUT2D eigenvalue weighted by Gasteiger charge is 2.39. The molecule has 2 rings (SSSR count). The minimum Gasteiger partial charge on any atom is -0.371 e. The van der Waals surface area contributed by atoms with E-state index < -0.39 is 8.80 Å². The van der Waals surface area contributed by atoms with Crippen LogP contribution in [0.15, 0.2) is 65.2 Å². The van der Waals surface area contributed by atoms with E-state index in [0.29, 0.717) is 19.8 Å². The van der Waals surface area contributed by atoms with E-state index in [-0.39, 0.29) is 0 Å². The Kier molecular flexibility index (Phi) is 8.91. The van der Waals surface area contributed by atoms with Gasteiger partial charge in [-0.05, 0) is 50.6 Å². The Balaban J connectivity index is 2.45. The van der Waals surface area contributed by atoms with Crippen molar-refractivity contribution < 1.29 is 13.3 Å². The molecule has 0 aromatic heterocycles. The second-order valence-corrected chi connectivity index (χ2v) is 9.25. The summed E-state index contributed by atoms with van der Waals surface area (Å²) in [4.78, 5) is 2.15. The van der Waals surface area contributed by atoms with Crippen molar-refractivity contribution in [2.45, 2.75) is 25.7 Å². The van der Waals surface area contributed by atoms with Crippen molar-refractivity contribution in [3.05, 3.63) is 70.9 Å². The Bertz CT molecular complexity index is 675. The van der Waals surface area contributed by atoms with Gasteiger partial charge in [-0.1, -0.05) is 53.7 Å². The third-order valence-electron chi connectivity index (χ3n) is 3.44. The van der Waals surface area contributed by atoms with Crippen LogP contribution in [0.3, 0.4) is 0 Å². The zero-order chi connectivity index (χ0) is 18.8. The molecule has 0 atom stereocenters. The van der Waals surface area contributed by atoms with Crippen LogP contribution in [0.25, 0.3) is 4.91 Å². The molecule has 0 aliphatic heterocycles. The van der Waals surface area contributed by atoms with Crippen molar-refractivity contribution in [3.63, 3.8) is 0 Å². The summed E-state index contributed by atoms with van der Waals surface area (Å²) in [5, 5.41) is 0.723. The van der Waals surface area contributed by atoms with E-state index in [0.717, 1.165) is 20.4 Å². The highest BCUT2D eigenvalue weighted by molar-refractivity contribution is 8.08. The maximum absolute atomic E-state index is 6.02. The molecule has 0 radical (unpaired) electrons. The molecule has 140 valence electrons. The van der Waals surface area contributed by atoms with E-state index in [4.69, 9.17) is 24.9 Å². The Labute approximate surface area is 166 Å². The van der Waals surface area contributed by atoms with Gasteiger partial charge in [-0.3, -0.25) is 0 Å². The molecule has 6 heteroatoms. The van der Waals surface area contributed by atoms with Crippen LogP contribution in [-0.4, -0.2) is 28.6 Å². The Hall–Kier alpha value is -1.08. The van der Waals surface area contributed by atoms with Crippen LogP contribution in [0, 0.1) is 0 Å². The molecule has 2 aromatic rings. The van der Waals surface area contributed by atoms with Gasteiger partial charge in [0.25, 0.3) is 0 Å². The molecule has 0 saturated carbocycles. The van der Waals surface area contributed by atoms with E-state index in [2.05, 4.69) is 17.8 Å². The molecule has 3 nitrogen and oxygen atoms in total. The summed E-state index contributed by atoms with van der Waals surface area (Å²) in [6.07, 6.45) is 0. The zero-order valence-electron chi connectivity index (χ0n) is 15.4. The predicted molar refractivity (Wildman–Crippen MR) is 112 cm³/mol. The van der Waals surface area contributed by atoms with Crippen LogP contribution in [0.2, 0.25) is 5.02 Å². The van der Waals surface area contributed by atoms with E-state index in [1.54, 1.807) is 11.8 Å². The van der Waals surface area contributed by atoms with Crippen molar-refractivity contribution in [1.29, 1.82) is 0 Å². The van der Waals surface area contributed by atoms with Crippen LogP contribution in [0.4, 0.5) is 0 Å². The van der Waals surface area contributed by atoms with Crippen molar-refractivity contribution in [3.8, 4) is 0 Å². The summed E-state index contributed by atoms with van der Waals surface area (Å²) in [7, 11) is -2.92. The first-order chi connectivity index (χ1) is 12.6. The van der Waals surface area contributed by atoms with E-state index in [1.807, 2.05) is 63.2 Å². The van der Waals surface area contributed by atoms with Crippen molar-refractivity contribution in [2.75, 3.05) is 19.8 Å². The van der Waals surface area contributed by atoms with E-state index in [9.17, 15) is 0 Å². The summed E-state index contributed by atoms with van der Waals surface area (Å²) in [5.74, 6) is 0. The van der Waals surface area contributed by atoms with Gasteiger partial charge in [-0.15, -0.1) is 0 Å². The smallest absolute Gasteiger partial charge is 0.371 e. The summed E-state index contributed by atoms with van der Waals surface area (Å²) < 4.78 is 18.0. The topological polar surface area (TPSA) is 27.7 Å². The van der Waals surface area contributed by atoms with Gasteiger partial charge < -0.3 is 13.3 Å². The number of hydrogen-bond acceptors (Lipinski definition) is 4. The van der Waals surface area contributed by atoms with Crippen LogP contribution in [0.1, 0.15) is 26.3 Å². The second-order valence-electron chi connectivity index (χ2n) is 5.33. The quantitative estimate of drug-likeness (QED) is 0.352. The van der Waals surface area contributed by atoms with Crippen molar-refractivity contribution in [2.24, 2.45) is 0 Å². The summed E-state index contributed by atoms with van der Waals surface area (Å²) in [6.45, 7) is 7.50. The number of thioether (sulfide) groups is 1. The van der Waals surface area contributed by atoms with Crippen LogP contribution in [-0.2, 0) is 13.3 Å². The van der Waals surface area contributed by atoms with Gasteiger partial charge in [-0.2, -0.15) is 0 Å².